The van der Waals surface area contributed by atoms with Crippen LogP contribution in [-0.4, -0.2) is 27.5 Å². The third kappa shape index (κ3) is 3.56. The second-order valence-electron chi connectivity index (χ2n) is 5.18. The molecule has 1 amide bonds. The van der Waals surface area contributed by atoms with Crippen molar-refractivity contribution >= 4 is 11.6 Å². The fraction of sp³-hybridized carbons (Fsp3) is 0.312. The molecular weight excluding hydrogens is 266 g/mol. The van der Waals surface area contributed by atoms with E-state index in [2.05, 4.69) is 6.92 Å². The fourth-order valence-electron chi connectivity index (χ4n) is 2.28. The van der Waals surface area contributed by atoms with E-state index in [4.69, 9.17) is 5.73 Å². The number of carbonyl (C=O) groups excluding carboxylic acids is 1. The molecule has 0 saturated heterocycles. The van der Waals surface area contributed by atoms with E-state index >= 15 is 0 Å². The largest absolute Gasteiger partial charge is 0.508 e. The molecule has 0 aliphatic rings. The predicted molar refractivity (Wildman–Crippen MR) is 83.0 cm³/mol. The molecule has 0 atom stereocenters. The molecule has 21 heavy (non-hydrogen) atoms. The van der Waals surface area contributed by atoms with Crippen molar-refractivity contribution in [2.45, 2.75) is 26.4 Å². The van der Waals surface area contributed by atoms with Gasteiger partial charge in [0.05, 0.1) is 5.69 Å². The van der Waals surface area contributed by atoms with Gasteiger partial charge in [0.25, 0.3) is 5.91 Å². The maximum Gasteiger partial charge on any atom is 0.270 e. The predicted octanol–water partition coefficient (Wildman–Crippen LogP) is 2.46. The van der Waals surface area contributed by atoms with Gasteiger partial charge in [-0.1, -0.05) is 19.1 Å². The molecule has 2 rings (SSSR count). The lowest BCUT2D eigenvalue weighted by atomic mass is 10.2. The minimum Gasteiger partial charge on any atom is -0.508 e. The summed E-state index contributed by atoms with van der Waals surface area (Å²) in [6.45, 7) is 3.31. The van der Waals surface area contributed by atoms with E-state index in [1.54, 1.807) is 48.5 Å². The van der Waals surface area contributed by atoms with Gasteiger partial charge >= 0.3 is 0 Å². The van der Waals surface area contributed by atoms with E-state index in [-0.39, 0.29) is 11.7 Å². The zero-order valence-electron chi connectivity index (χ0n) is 12.4. The first kappa shape index (κ1) is 15.0. The Hall–Kier alpha value is -2.43. The first-order chi connectivity index (χ1) is 10.0. The molecule has 0 bridgehead atoms. The van der Waals surface area contributed by atoms with Crippen LogP contribution in [0.2, 0.25) is 0 Å². The summed E-state index contributed by atoms with van der Waals surface area (Å²) >= 11 is 0. The van der Waals surface area contributed by atoms with Crippen LogP contribution >= 0.6 is 0 Å². The van der Waals surface area contributed by atoms with Crippen LogP contribution in [0.3, 0.4) is 0 Å². The molecule has 0 saturated carbocycles. The van der Waals surface area contributed by atoms with Crippen molar-refractivity contribution in [1.29, 1.82) is 0 Å². The topological polar surface area (TPSA) is 71.5 Å². The van der Waals surface area contributed by atoms with Crippen molar-refractivity contribution in [2.24, 2.45) is 0 Å². The number of aromatic nitrogens is 1. The standard InChI is InChI=1S/C16H21N3O2/c1-3-8-19-11-13(17)9-15(19)16(21)18(2)10-12-4-6-14(20)7-5-12/h4-7,9,11,20H,3,8,10,17H2,1-2H3. The first-order valence-corrected chi connectivity index (χ1v) is 7.00. The highest BCUT2D eigenvalue weighted by molar-refractivity contribution is 5.93. The van der Waals surface area contributed by atoms with E-state index < -0.39 is 0 Å². The summed E-state index contributed by atoms with van der Waals surface area (Å²) in [5.41, 5.74) is 7.97. The van der Waals surface area contributed by atoms with E-state index in [0.29, 0.717) is 17.9 Å². The van der Waals surface area contributed by atoms with Crippen molar-refractivity contribution in [2.75, 3.05) is 12.8 Å². The number of aryl methyl sites for hydroxylation is 1. The minimum absolute atomic E-state index is 0.0618. The maximum absolute atomic E-state index is 12.5. The van der Waals surface area contributed by atoms with Crippen LogP contribution in [0.1, 0.15) is 29.4 Å². The van der Waals surface area contributed by atoms with E-state index in [1.807, 2.05) is 4.57 Å². The Labute approximate surface area is 124 Å². The first-order valence-electron chi connectivity index (χ1n) is 7.00. The van der Waals surface area contributed by atoms with Crippen LogP contribution in [0.5, 0.6) is 5.75 Å². The molecule has 3 N–H and O–H groups in total. The lowest BCUT2D eigenvalue weighted by Crippen LogP contribution is -2.28. The summed E-state index contributed by atoms with van der Waals surface area (Å²) in [5, 5.41) is 9.28. The number of rotatable bonds is 5. The number of phenolic OH excluding ortho intramolecular Hbond substituents is 1. The molecule has 1 heterocycles. The van der Waals surface area contributed by atoms with Gasteiger partial charge in [-0.25, -0.2) is 0 Å². The SMILES string of the molecule is CCCn1cc(N)cc1C(=O)N(C)Cc1ccc(O)cc1. The van der Waals surface area contributed by atoms with Crippen LogP contribution in [0.4, 0.5) is 5.69 Å². The van der Waals surface area contributed by atoms with Gasteiger partial charge in [-0.15, -0.1) is 0 Å². The van der Waals surface area contributed by atoms with Crippen molar-refractivity contribution in [3.05, 3.63) is 47.8 Å². The van der Waals surface area contributed by atoms with Gasteiger partial charge in [-0.2, -0.15) is 0 Å². The van der Waals surface area contributed by atoms with Gasteiger partial charge in [-0.3, -0.25) is 4.79 Å². The smallest absolute Gasteiger partial charge is 0.270 e. The van der Waals surface area contributed by atoms with Crippen LogP contribution in [-0.2, 0) is 13.1 Å². The number of nitrogens with two attached hydrogens (primary N) is 1. The number of carbonyl (C=O) groups is 1. The van der Waals surface area contributed by atoms with Crippen LogP contribution in [0.25, 0.3) is 0 Å². The van der Waals surface area contributed by atoms with E-state index in [1.165, 1.54) is 0 Å². The van der Waals surface area contributed by atoms with Crippen molar-refractivity contribution < 1.29 is 9.90 Å². The average Bonchev–Trinajstić information content (AvgIpc) is 2.82. The van der Waals surface area contributed by atoms with Gasteiger partial charge in [0.15, 0.2) is 0 Å². The lowest BCUT2D eigenvalue weighted by Gasteiger charge is -2.18. The molecule has 0 radical (unpaired) electrons. The maximum atomic E-state index is 12.5. The summed E-state index contributed by atoms with van der Waals surface area (Å²) < 4.78 is 1.89. The number of anilines is 1. The van der Waals surface area contributed by atoms with Gasteiger partial charge < -0.3 is 20.3 Å². The van der Waals surface area contributed by atoms with E-state index in [9.17, 15) is 9.90 Å². The molecule has 1 aromatic heterocycles. The third-order valence-corrected chi connectivity index (χ3v) is 3.30. The normalized spacial score (nSPS) is 10.6. The Kier molecular flexibility index (Phi) is 4.52. The Bertz CT molecular complexity index is 617. The van der Waals surface area contributed by atoms with Crippen LogP contribution < -0.4 is 5.73 Å². The molecule has 1 aromatic carbocycles. The van der Waals surface area contributed by atoms with Gasteiger partial charge in [0.1, 0.15) is 11.4 Å². The second-order valence-corrected chi connectivity index (χ2v) is 5.18. The molecule has 2 aromatic rings. The number of hydrogen-bond donors (Lipinski definition) is 2. The summed E-state index contributed by atoms with van der Waals surface area (Å²) in [6.07, 6.45) is 2.74. The summed E-state index contributed by atoms with van der Waals surface area (Å²) in [4.78, 5) is 14.2. The molecule has 0 aliphatic heterocycles. The van der Waals surface area contributed by atoms with Gasteiger partial charge in [-0.05, 0) is 30.2 Å². The average molecular weight is 287 g/mol. The molecule has 0 fully saturated rings. The molecule has 0 unspecified atom stereocenters. The van der Waals surface area contributed by atoms with Crippen molar-refractivity contribution in [3.63, 3.8) is 0 Å². The van der Waals surface area contributed by atoms with Crippen molar-refractivity contribution in [1.82, 2.24) is 9.47 Å². The zero-order valence-corrected chi connectivity index (χ0v) is 12.4. The molecule has 5 nitrogen and oxygen atoms in total. The Balaban J connectivity index is 2.13. The highest BCUT2D eigenvalue weighted by Gasteiger charge is 2.17. The van der Waals surface area contributed by atoms with Crippen molar-refractivity contribution in [3.8, 4) is 5.75 Å². The number of nitrogens with zero attached hydrogens (tertiary/aromatic N) is 2. The number of phenols is 1. The molecule has 0 aliphatic carbocycles. The van der Waals surface area contributed by atoms with Crippen LogP contribution in [0, 0.1) is 0 Å². The Morgan fingerprint density at radius 3 is 2.62 bits per heavy atom. The quantitative estimate of drug-likeness (QED) is 0.887. The zero-order chi connectivity index (χ0) is 15.4. The number of amides is 1. The van der Waals surface area contributed by atoms with Crippen LogP contribution in [0.15, 0.2) is 36.5 Å². The fourth-order valence-corrected chi connectivity index (χ4v) is 2.28. The lowest BCUT2D eigenvalue weighted by molar-refractivity contribution is 0.0774. The molecule has 5 heteroatoms. The second kappa shape index (κ2) is 6.35. The number of benzene rings is 1. The van der Waals surface area contributed by atoms with Gasteiger partial charge in [0, 0.05) is 26.3 Å². The minimum atomic E-state index is -0.0618. The summed E-state index contributed by atoms with van der Waals surface area (Å²) in [7, 11) is 1.76. The number of nitrogen functional groups attached to an aromatic ring is 1. The summed E-state index contributed by atoms with van der Waals surface area (Å²) in [5.74, 6) is 0.158. The third-order valence-electron chi connectivity index (χ3n) is 3.30. The Morgan fingerprint density at radius 1 is 1.33 bits per heavy atom. The monoisotopic (exact) mass is 287 g/mol. The molecule has 0 spiro atoms. The number of hydrogen-bond acceptors (Lipinski definition) is 3. The van der Waals surface area contributed by atoms with Gasteiger partial charge in [0.2, 0.25) is 0 Å². The molecule has 112 valence electrons. The van der Waals surface area contributed by atoms with E-state index in [0.717, 1.165) is 18.5 Å². The molecular formula is C16H21N3O2. The number of aromatic hydroxyl groups is 1. The highest BCUT2D eigenvalue weighted by Crippen LogP contribution is 2.16. The Morgan fingerprint density at radius 2 is 2.00 bits per heavy atom. The highest BCUT2D eigenvalue weighted by atomic mass is 16.3. The summed E-state index contributed by atoms with van der Waals surface area (Å²) in [6, 6.07) is 8.55.